The maximum Gasteiger partial charge on any atom is 0.336 e. The van der Waals surface area contributed by atoms with Crippen molar-refractivity contribution >= 4 is 45.4 Å². The predicted molar refractivity (Wildman–Crippen MR) is 117 cm³/mol. The number of nitrogens with zero attached hydrogens (tertiary/aromatic N) is 1. The first-order chi connectivity index (χ1) is 14.8. The third kappa shape index (κ3) is 5.68. The van der Waals surface area contributed by atoms with Gasteiger partial charge >= 0.3 is 5.97 Å². The third-order valence-electron chi connectivity index (χ3n) is 4.06. The van der Waals surface area contributed by atoms with Crippen molar-refractivity contribution in [3.63, 3.8) is 0 Å². The van der Waals surface area contributed by atoms with Gasteiger partial charge in [-0.1, -0.05) is 35.9 Å². The van der Waals surface area contributed by atoms with Crippen LogP contribution in [-0.4, -0.2) is 31.6 Å². The molecule has 10 heteroatoms. The molecule has 3 aromatic rings. The Hall–Kier alpha value is -3.69. The molecule has 0 aliphatic carbocycles. The second kappa shape index (κ2) is 9.41. The van der Waals surface area contributed by atoms with Gasteiger partial charge in [0.05, 0.1) is 16.7 Å². The molecule has 158 valence electrons. The third-order valence-corrected chi connectivity index (χ3v) is 5.69. The summed E-state index contributed by atoms with van der Waals surface area (Å²) < 4.78 is 27.6. The SMILES string of the molecule is O=C(NN=Cc1ccccc1C(=O)O)c1cccc(S(=O)(=O)Nc2ccc(Cl)cc2)c1. The maximum atomic E-state index is 12.6. The summed E-state index contributed by atoms with van der Waals surface area (Å²) in [7, 11) is -3.94. The number of halogens is 1. The van der Waals surface area contributed by atoms with Crippen molar-refractivity contribution in [1.29, 1.82) is 0 Å². The number of carboxylic acid groups (broad SMARTS) is 1. The van der Waals surface area contributed by atoms with Gasteiger partial charge in [-0.25, -0.2) is 18.6 Å². The molecule has 0 aliphatic rings. The Bertz CT molecular complexity index is 1260. The van der Waals surface area contributed by atoms with E-state index in [-0.39, 0.29) is 16.0 Å². The molecule has 1 amide bonds. The molecule has 0 unspecified atom stereocenters. The zero-order chi connectivity index (χ0) is 22.4. The molecule has 31 heavy (non-hydrogen) atoms. The second-order valence-corrected chi connectivity index (χ2v) is 8.35. The van der Waals surface area contributed by atoms with Crippen LogP contribution in [0.4, 0.5) is 5.69 Å². The fraction of sp³-hybridized carbons (Fsp3) is 0. The number of carboxylic acids is 1. The van der Waals surface area contributed by atoms with Crippen molar-refractivity contribution in [3.8, 4) is 0 Å². The van der Waals surface area contributed by atoms with Crippen LogP contribution in [0.3, 0.4) is 0 Å². The van der Waals surface area contributed by atoms with Crippen molar-refractivity contribution < 1.29 is 23.1 Å². The molecule has 3 aromatic carbocycles. The van der Waals surface area contributed by atoms with Crippen LogP contribution >= 0.6 is 11.6 Å². The quantitative estimate of drug-likeness (QED) is 0.369. The number of hydrogen-bond acceptors (Lipinski definition) is 5. The number of carbonyl (C=O) groups is 2. The average molecular weight is 458 g/mol. The van der Waals surface area contributed by atoms with E-state index < -0.39 is 21.9 Å². The van der Waals surface area contributed by atoms with Gasteiger partial charge < -0.3 is 5.11 Å². The Kier molecular flexibility index (Phi) is 6.68. The molecule has 3 N–H and O–H groups in total. The van der Waals surface area contributed by atoms with E-state index in [1.165, 1.54) is 54.7 Å². The van der Waals surface area contributed by atoms with Crippen LogP contribution in [0, 0.1) is 0 Å². The monoisotopic (exact) mass is 457 g/mol. The Morgan fingerprint density at radius 1 is 0.968 bits per heavy atom. The Labute approximate surface area is 183 Å². The number of carbonyl (C=O) groups excluding carboxylic acids is 1. The summed E-state index contributed by atoms with van der Waals surface area (Å²) in [6.45, 7) is 0. The summed E-state index contributed by atoms with van der Waals surface area (Å²) in [6.07, 6.45) is 1.20. The summed E-state index contributed by atoms with van der Waals surface area (Å²) >= 11 is 5.80. The molecule has 0 aliphatic heterocycles. The minimum Gasteiger partial charge on any atom is -0.478 e. The predicted octanol–water partition coefficient (Wildman–Crippen LogP) is 3.60. The average Bonchev–Trinajstić information content (AvgIpc) is 2.75. The fourth-order valence-electron chi connectivity index (χ4n) is 2.57. The van der Waals surface area contributed by atoms with Crippen LogP contribution in [0.5, 0.6) is 0 Å². The summed E-state index contributed by atoms with van der Waals surface area (Å²) in [5.41, 5.74) is 2.97. The highest BCUT2D eigenvalue weighted by Crippen LogP contribution is 2.19. The van der Waals surface area contributed by atoms with Crippen molar-refractivity contribution in [2.24, 2.45) is 5.10 Å². The van der Waals surface area contributed by atoms with Gasteiger partial charge in [0.15, 0.2) is 0 Å². The number of amides is 1. The highest BCUT2D eigenvalue weighted by Gasteiger charge is 2.16. The number of benzene rings is 3. The number of aromatic carboxylic acids is 1. The molecular weight excluding hydrogens is 442 g/mol. The van der Waals surface area contributed by atoms with E-state index in [1.54, 1.807) is 24.3 Å². The molecule has 0 fully saturated rings. The lowest BCUT2D eigenvalue weighted by Crippen LogP contribution is -2.19. The molecule has 0 spiro atoms. The van der Waals surface area contributed by atoms with Gasteiger partial charge in [-0.05, 0) is 48.5 Å². The molecule has 0 heterocycles. The smallest absolute Gasteiger partial charge is 0.336 e. The van der Waals surface area contributed by atoms with Crippen LogP contribution in [0.2, 0.25) is 5.02 Å². The lowest BCUT2D eigenvalue weighted by atomic mass is 10.1. The van der Waals surface area contributed by atoms with Crippen LogP contribution < -0.4 is 10.1 Å². The summed E-state index contributed by atoms with van der Waals surface area (Å²) in [5.74, 6) is -1.79. The molecule has 8 nitrogen and oxygen atoms in total. The number of anilines is 1. The van der Waals surface area contributed by atoms with Gasteiger partial charge in [-0.2, -0.15) is 5.10 Å². The summed E-state index contributed by atoms with van der Waals surface area (Å²) in [5, 5.41) is 13.4. The highest BCUT2D eigenvalue weighted by atomic mass is 35.5. The molecule has 0 saturated heterocycles. The van der Waals surface area contributed by atoms with E-state index in [2.05, 4.69) is 15.2 Å². The van der Waals surface area contributed by atoms with Gasteiger partial charge in [0.25, 0.3) is 15.9 Å². The van der Waals surface area contributed by atoms with Crippen molar-refractivity contribution in [1.82, 2.24) is 5.43 Å². The highest BCUT2D eigenvalue weighted by molar-refractivity contribution is 7.92. The van der Waals surface area contributed by atoms with E-state index in [0.29, 0.717) is 16.3 Å². The van der Waals surface area contributed by atoms with Crippen molar-refractivity contribution in [3.05, 3.63) is 94.5 Å². The Morgan fingerprint density at radius 2 is 1.68 bits per heavy atom. The topological polar surface area (TPSA) is 125 Å². The fourth-order valence-corrected chi connectivity index (χ4v) is 3.80. The van der Waals surface area contributed by atoms with E-state index in [1.807, 2.05) is 0 Å². The second-order valence-electron chi connectivity index (χ2n) is 6.23. The largest absolute Gasteiger partial charge is 0.478 e. The minimum absolute atomic E-state index is 0.0295. The molecule has 0 bridgehead atoms. The summed E-state index contributed by atoms with van der Waals surface area (Å²) in [4.78, 5) is 23.4. The lowest BCUT2D eigenvalue weighted by Gasteiger charge is -2.09. The molecule has 0 radical (unpaired) electrons. The zero-order valence-electron chi connectivity index (χ0n) is 15.8. The standard InChI is InChI=1S/C21H16ClN3O5S/c22-16-8-10-17(11-9-16)25-31(29,30)18-6-3-5-14(12-18)20(26)24-23-13-15-4-1-2-7-19(15)21(27)28/h1-13,25H,(H,24,26)(H,27,28). The van der Waals surface area contributed by atoms with Gasteiger partial charge in [0, 0.05) is 21.8 Å². The Morgan fingerprint density at radius 3 is 2.39 bits per heavy atom. The van der Waals surface area contributed by atoms with Crippen LogP contribution in [0.15, 0.2) is 82.8 Å². The van der Waals surface area contributed by atoms with Crippen LogP contribution in [-0.2, 0) is 10.0 Å². The zero-order valence-corrected chi connectivity index (χ0v) is 17.4. The number of sulfonamides is 1. The summed E-state index contributed by atoms with van der Waals surface area (Å²) in [6, 6.07) is 17.7. The first-order valence-electron chi connectivity index (χ1n) is 8.80. The van der Waals surface area contributed by atoms with Crippen LogP contribution in [0.1, 0.15) is 26.3 Å². The molecule has 0 aromatic heterocycles. The maximum absolute atomic E-state index is 12.6. The molecule has 3 rings (SSSR count). The van der Waals surface area contributed by atoms with E-state index >= 15 is 0 Å². The van der Waals surface area contributed by atoms with E-state index in [4.69, 9.17) is 16.7 Å². The van der Waals surface area contributed by atoms with Gasteiger partial charge in [-0.15, -0.1) is 0 Å². The molecular formula is C21H16ClN3O5S. The molecule has 0 atom stereocenters. The van der Waals surface area contributed by atoms with E-state index in [9.17, 15) is 18.0 Å². The minimum atomic E-state index is -3.94. The number of nitrogens with one attached hydrogen (secondary N) is 2. The van der Waals surface area contributed by atoms with Crippen LogP contribution in [0.25, 0.3) is 0 Å². The van der Waals surface area contributed by atoms with E-state index in [0.717, 1.165) is 0 Å². The van der Waals surface area contributed by atoms with Gasteiger partial charge in [0.1, 0.15) is 0 Å². The van der Waals surface area contributed by atoms with Crippen molar-refractivity contribution in [2.75, 3.05) is 4.72 Å². The number of hydrazone groups is 1. The van der Waals surface area contributed by atoms with Gasteiger partial charge in [0.2, 0.25) is 0 Å². The number of rotatable bonds is 7. The first kappa shape index (κ1) is 22.0. The first-order valence-corrected chi connectivity index (χ1v) is 10.7. The normalized spacial score (nSPS) is 11.3. The number of hydrogen-bond donors (Lipinski definition) is 3. The van der Waals surface area contributed by atoms with Gasteiger partial charge in [-0.3, -0.25) is 9.52 Å². The molecule has 0 saturated carbocycles. The van der Waals surface area contributed by atoms with Crippen molar-refractivity contribution in [2.45, 2.75) is 4.90 Å². The lowest BCUT2D eigenvalue weighted by molar-refractivity contribution is 0.0696. The Balaban J connectivity index is 1.74.